The molecule has 0 aromatic carbocycles. The molecule has 0 bridgehead atoms. The number of aryl methyl sites for hydroxylation is 1. The highest BCUT2D eigenvalue weighted by Gasteiger charge is 2.56. The highest BCUT2D eigenvalue weighted by Crippen LogP contribution is 2.42. The van der Waals surface area contributed by atoms with Crippen molar-refractivity contribution in [2.75, 3.05) is 0 Å². The summed E-state index contributed by atoms with van der Waals surface area (Å²) in [5.74, 6) is -2.91. The third-order valence-electron chi connectivity index (χ3n) is 4.02. The largest absolute Gasteiger partial charge is 0.457 e. The van der Waals surface area contributed by atoms with Crippen molar-refractivity contribution < 1.29 is 33.6 Å². The number of imide groups is 1. The number of nitrogens with zero attached hydrogens (tertiary/aromatic N) is 3. The second-order valence-corrected chi connectivity index (χ2v) is 8.80. The predicted octanol–water partition coefficient (Wildman–Crippen LogP) is 1.65. The van der Waals surface area contributed by atoms with Gasteiger partial charge in [0.25, 0.3) is 11.8 Å². The number of carbonyl (C=O) groups is 4. The van der Waals surface area contributed by atoms with E-state index in [1.807, 2.05) is 0 Å². The molecule has 1 aromatic heterocycles. The summed E-state index contributed by atoms with van der Waals surface area (Å²) in [5, 5.41) is 6.45. The average Bonchev–Trinajstić information content (AvgIpc) is 3.20. The van der Waals surface area contributed by atoms with Crippen LogP contribution >= 0.6 is 11.3 Å². The molecule has 0 spiro atoms. The summed E-state index contributed by atoms with van der Waals surface area (Å²) < 4.78 is 5.34. The number of hydrogen-bond acceptors (Lipinski definition) is 10. The standard InChI is InChI=1S/C18H21N3O7S/c1-10-19-11(9-29-10)14(15(24)27-21-12(22)5-6-13(21)23)20-28-18(7-8-18)16(25)26-17(2,3)4/h9H,5-8H2,1-4H3/b20-14-. The van der Waals surface area contributed by atoms with Gasteiger partial charge in [0.05, 0.1) is 5.01 Å². The van der Waals surface area contributed by atoms with E-state index >= 15 is 0 Å². The summed E-state index contributed by atoms with van der Waals surface area (Å²) in [7, 11) is 0. The van der Waals surface area contributed by atoms with E-state index in [0.29, 0.717) is 22.9 Å². The third-order valence-corrected chi connectivity index (χ3v) is 4.80. The molecule has 3 rings (SSSR count). The number of esters is 1. The number of thiazole rings is 1. The zero-order valence-corrected chi connectivity index (χ0v) is 17.3. The van der Waals surface area contributed by atoms with Gasteiger partial charge in [-0.2, -0.15) is 0 Å². The van der Waals surface area contributed by atoms with Crippen LogP contribution in [-0.4, -0.2) is 50.7 Å². The minimum atomic E-state index is -1.27. The van der Waals surface area contributed by atoms with E-state index in [0.717, 1.165) is 0 Å². The van der Waals surface area contributed by atoms with E-state index < -0.39 is 35.0 Å². The third kappa shape index (κ3) is 4.78. The van der Waals surface area contributed by atoms with Crippen LogP contribution in [0.15, 0.2) is 10.5 Å². The molecule has 2 aliphatic rings. The Labute approximate surface area is 170 Å². The van der Waals surface area contributed by atoms with Crippen LogP contribution in [0.3, 0.4) is 0 Å². The van der Waals surface area contributed by atoms with Crippen molar-refractivity contribution in [3.63, 3.8) is 0 Å². The van der Waals surface area contributed by atoms with Crippen LogP contribution in [-0.2, 0) is 33.6 Å². The second kappa shape index (κ2) is 7.54. The van der Waals surface area contributed by atoms with E-state index in [9.17, 15) is 19.2 Å². The van der Waals surface area contributed by atoms with Crippen LogP contribution in [0, 0.1) is 6.92 Å². The van der Waals surface area contributed by atoms with E-state index in [1.54, 1.807) is 33.1 Å². The molecule has 0 radical (unpaired) electrons. The Balaban J connectivity index is 1.81. The zero-order chi connectivity index (χ0) is 21.4. The maximum atomic E-state index is 12.6. The fourth-order valence-electron chi connectivity index (χ4n) is 2.40. The van der Waals surface area contributed by atoms with Gasteiger partial charge in [-0.3, -0.25) is 9.59 Å². The van der Waals surface area contributed by atoms with E-state index in [4.69, 9.17) is 14.4 Å². The van der Waals surface area contributed by atoms with E-state index in [-0.39, 0.29) is 24.2 Å². The molecule has 0 atom stereocenters. The Kier molecular flexibility index (Phi) is 5.44. The van der Waals surface area contributed by atoms with Crippen molar-refractivity contribution in [2.24, 2.45) is 5.16 Å². The lowest BCUT2D eigenvalue weighted by atomic mass is 10.2. The molecule has 1 aliphatic carbocycles. The van der Waals surface area contributed by atoms with E-state index in [2.05, 4.69) is 10.1 Å². The van der Waals surface area contributed by atoms with Gasteiger partial charge in [0, 0.05) is 31.1 Å². The molecule has 10 nitrogen and oxygen atoms in total. The Bertz CT molecular complexity index is 880. The van der Waals surface area contributed by atoms with Crippen molar-refractivity contribution >= 4 is 40.8 Å². The van der Waals surface area contributed by atoms with Crippen LogP contribution in [0.4, 0.5) is 0 Å². The van der Waals surface area contributed by atoms with Gasteiger partial charge in [-0.25, -0.2) is 14.6 Å². The molecule has 11 heteroatoms. The minimum Gasteiger partial charge on any atom is -0.457 e. The molecule has 2 amide bonds. The number of rotatable bonds is 6. The molecule has 2 fully saturated rings. The molecule has 0 N–H and O–H groups in total. The van der Waals surface area contributed by atoms with Gasteiger partial charge in [-0.15, -0.1) is 16.4 Å². The van der Waals surface area contributed by atoms with Crippen molar-refractivity contribution in [1.29, 1.82) is 0 Å². The fourth-order valence-corrected chi connectivity index (χ4v) is 2.99. The van der Waals surface area contributed by atoms with Crippen molar-refractivity contribution in [2.45, 2.75) is 64.6 Å². The molecule has 1 saturated heterocycles. The first kappa shape index (κ1) is 20.9. The lowest BCUT2D eigenvalue weighted by Gasteiger charge is -2.22. The molecular weight excluding hydrogens is 402 g/mol. The number of amides is 2. The van der Waals surface area contributed by atoms with Crippen LogP contribution < -0.4 is 0 Å². The van der Waals surface area contributed by atoms with Gasteiger partial charge in [0.2, 0.25) is 11.3 Å². The van der Waals surface area contributed by atoms with Gasteiger partial charge >= 0.3 is 11.9 Å². The monoisotopic (exact) mass is 423 g/mol. The molecule has 156 valence electrons. The predicted molar refractivity (Wildman–Crippen MR) is 99.5 cm³/mol. The molecule has 2 heterocycles. The number of aromatic nitrogens is 1. The van der Waals surface area contributed by atoms with Gasteiger partial charge in [0.15, 0.2) is 0 Å². The normalized spacial score (nSPS) is 18.6. The highest BCUT2D eigenvalue weighted by molar-refractivity contribution is 7.09. The van der Waals surface area contributed by atoms with Crippen LogP contribution in [0.25, 0.3) is 0 Å². The van der Waals surface area contributed by atoms with Gasteiger partial charge < -0.3 is 14.4 Å². The fraction of sp³-hybridized carbons (Fsp3) is 0.556. The van der Waals surface area contributed by atoms with Crippen LogP contribution in [0.2, 0.25) is 0 Å². The van der Waals surface area contributed by atoms with E-state index in [1.165, 1.54) is 11.3 Å². The lowest BCUT2D eigenvalue weighted by molar-refractivity contribution is -0.192. The number of hydroxylamine groups is 2. The Hall–Kier alpha value is -2.82. The molecule has 1 aromatic rings. The summed E-state index contributed by atoms with van der Waals surface area (Å²) in [6, 6.07) is 0. The highest BCUT2D eigenvalue weighted by atomic mass is 32.1. The van der Waals surface area contributed by atoms with Crippen molar-refractivity contribution in [1.82, 2.24) is 10.0 Å². The summed E-state index contributed by atoms with van der Waals surface area (Å²) in [6.07, 6.45) is 0.694. The number of carbonyl (C=O) groups excluding carboxylic acids is 4. The van der Waals surface area contributed by atoms with Crippen LogP contribution in [0.5, 0.6) is 0 Å². The Morgan fingerprint density at radius 3 is 2.31 bits per heavy atom. The summed E-state index contributed by atoms with van der Waals surface area (Å²) in [5.41, 5.74) is -2.18. The number of hydrogen-bond donors (Lipinski definition) is 0. The maximum absolute atomic E-state index is 12.6. The first-order chi connectivity index (χ1) is 13.5. The molecule has 29 heavy (non-hydrogen) atoms. The Morgan fingerprint density at radius 1 is 1.21 bits per heavy atom. The molecule has 0 unspecified atom stereocenters. The van der Waals surface area contributed by atoms with Crippen molar-refractivity contribution in [3.05, 3.63) is 16.1 Å². The molecule has 1 aliphatic heterocycles. The molecular formula is C18H21N3O7S. The number of oxime groups is 1. The van der Waals surface area contributed by atoms with Gasteiger partial charge in [-0.05, 0) is 27.7 Å². The molecule has 1 saturated carbocycles. The zero-order valence-electron chi connectivity index (χ0n) is 16.5. The smallest absolute Gasteiger partial charge is 0.387 e. The first-order valence-corrected chi connectivity index (χ1v) is 9.89. The summed E-state index contributed by atoms with van der Waals surface area (Å²) in [6.45, 7) is 6.92. The Morgan fingerprint density at radius 2 is 1.83 bits per heavy atom. The summed E-state index contributed by atoms with van der Waals surface area (Å²) in [4.78, 5) is 62.9. The SMILES string of the molecule is Cc1nc(/C(=N/OC2(C(=O)OC(C)(C)C)CC2)C(=O)ON2C(=O)CCC2=O)cs1. The summed E-state index contributed by atoms with van der Waals surface area (Å²) >= 11 is 1.26. The first-order valence-electron chi connectivity index (χ1n) is 9.01. The van der Waals surface area contributed by atoms with Gasteiger partial charge in [-0.1, -0.05) is 5.16 Å². The minimum absolute atomic E-state index is 0.0351. The van der Waals surface area contributed by atoms with Crippen molar-refractivity contribution in [3.8, 4) is 0 Å². The van der Waals surface area contributed by atoms with Crippen LogP contribution in [0.1, 0.15) is 57.2 Å². The number of ether oxygens (including phenoxy) is 1. The maximum Gasteiger partial charge on any atom is 0.387 e. The lowest BCUT2D eigenvalue weighted by Crippen LogP contribution is -2.36. The topological polar surface area (TPSA) is 124 Å². The quantitative estimate of drug-likeness (QED) is 0.293. The van der Waals surface area contributed by atoms with Gasteiger partial charge in [0.1, 0.15) is 11.3 Å². The average molecular weight is 423 g/mol. The second-order valence-electron chi connectivity index (χ2n) is 7.74.